The normalized spacial score (nSPS) is 12.5. The summed E-state index contributed by atoms with van der Waals surface area (Å²) in [5.74, 6) is -0.153. The van der Waals surface area contributed by atoms with E-state index in [1.165, 1.54) is 0 Å². The minimum Gasteiger partial charge on any atom is -0.361 e. The van der Waals surface area contributed by atoms with Gasteiger partial charge in [0.2, 0.25) is 10.8 Å². The lowest BCUT2D eigenvalue weighted by atomic mass is 10.2. The van der Waals surface area contributed by atoms with Crippen LogP contribution in [0.4, 0.5) is 8.78 Å². The summed E-state index contributed by atoms with van der Waals surface area (Å²) in [4.78, 5) is 0.227. The topological polar surface area (TPSA) is 69.1 Å². The van der Waals surface area contributed by atoms with Gasteiger partial charge in [0.1, 0.15) is 5.76 Å². The van der Waals surface area contributed by atoms with Crippen LogP contribution in [0.25, 0.3) is 15.5 Å². The van der Waals surface area contributed by atoms with Crippen LogP contribution in [-0.2, 0) is 5.38 Å². The summed E-state index contributed by atoms with van der Waals surface area (Å²) >= 11 is 6.06. The van der Waals surface area contributed by atoms with E-state index in [-0.39, 0.29) is 4.96 Å². The number of hydrogen-bond acceptors (Lipinski definition) is 6. The fourth-order valence-corrected chi connectivity index (χ4v) is 2.79. The summed E-state index contributed by atoms with van der Waals surface area (Å²) in [6.07, 6.45) is 0. The van der Waals surface area contributed by atoms with Gasteiger partial charge in [-0.2, -0.15) is 18.4 Å². The molecular weight excluding hydrogens is 300 g/mol. The van der Waals surface area contributed by atoms with Crippen molar-refractivity contribution in [2.24, 2.45) is 0 Å². The number of aryl methyl sites for hydroxylation is 2. The van der Waals surface area contributed by atoms with Gasteiger partial charge in [-0.15, -0.1) is 10.2 Å². The van der Waals surface area contributed by atoms with Crippen molar-refractivity contribution in [3.05, 3.63) is 17.3 Å². The summed E-state index contributed by atoms with van der Waals surface area (Å²) in [6, 6.07) is 0. The third-order valence-corrected chi connectivity index (χ3v) is 3.58. The first kappa shape index (κ1) is 12.4. The maximum absolute atomic E-state index is 13.1. The second kappa shape index (κ2) is 3.94. The number of rotatable bonds is 2. The predicted octanol–water partition coefficient (Wildman–Crippen LogP) is 2.75. The first-order chi connectivity index (χ1) is 8.88. The molecule has 3 aromatic rings. The fourth-order valence-electron chi connectivity index (χ4n) is 1.68. The van der Waals surface area contributed by atoms with E-state index in [1.807, 2.05) is 0 Å². The summed E-state index contributed by atoms with van der Waals surface area (Å²) in [7, 11) is 0. The van der Waals surface area contributed by atoms with Crippen LogP contribution in [-0.4, -0.2) is 25.0 Å². The highest BCUT2D eigenvalue weighted by Crippen LogP contribution is 2.35. The fraction of sp³-hybridized carbons (Fsp3) is 0.333. The molecule has 100 valence electrons. The van der Waals surface area contributed by atoms with Gasteiger partial charge in [-0.3, -0.25) is 0 Å². The quantitative estimate of drug-likeness (QED) is 0.681. The van der Waals surface area contributed by atoms with E-state index in [0.717, 1.165) is 15.9 Å². The van der Waals surface area contributed by atoms with Crippen molar-refractivity contribution in [2.45, 2.75) is 19.2 Å². The van der Waals surface area contributed by atoms with Crippen LogP contribution >= 0.6 is 22.9 Å². The van der Waals surface area contributed by atoms with Gasteiger partial charge in [0.25, 0.3) is 0 Å². The largest absolute Gasteiger partial charge is 0.383 e. The molecule has 10 heteroatoms. The van der Waals surface area contributed by atoms with E-state index in [9.17, 15) is 8.78 Å². The van der Waals surface area contributed by atoms with Crippen LogP contribution in [0.3, 0.4) is 0 Å². The van der Waals surface area contributed by atoms with Crippen LogP contribution in [0.5, 0.6) is 0 Å². The number of alkyl halides is 3. The maximum Gasteiger partial charge on any atom is 0.383 e. The molecule has 3 heterocycles. The molecule has 0 amide bonds. The van der Waals surface area contributed by atoms with E-state index in [0.29, 0.717) is 22.0 Å². The molecule has 6 nitrogen and oxygen atoms in total. The lowest BCUT2D eigenvalue weighted by Gasteiger charge is -2.01. The number of hydrogen-bond donors (Lipinski definition) is 0. The zero-order valence-electron chi connectivity index (χ0n) is 9.69. The Hall–Kier alpha value is -1.61. The van der Waals surface area contributed by atoms with Gasteiger partial charge in [-0.1, -0.05) is 16.5 Å². The average Bonchev–Trinajstić information content (AvgIpc) is 2.90. The van der Waals surface area contributed by atoms with E-state index in [2.05, 4.69) is 20.5 Å². The molecule has 0 bridgehead atoms. The summed E-state index contributed by atoms with van der Waals surface area (Å²) in [5, 5.41) is 11.7. The molecule has 0 fully saturated rings. The van der Waals surface area contributed by atoms with Crippen molar-refractivity contribution in [3.63, 3.8) is 0 Å². The second-order valence-corrected chi connectivity index (χ2v) is 5.25. The zero-order chi connectivity index (χ0) is 13.8. The molecule has 0 atom stereocenters. The summed E-state index contributed by atoms with van der Waals surface area (Å²) in [6.45, 7) is 3.46. The lowest BCUT2D eigenvalue weighted by molar-refractivity contribution is 0.0821. The van der Waals surface area contributed by atoms with Gasteiger partial charge < -0.3 is 4.52 Å². The van der Waals surface area contributed by atoms with E-state index in [4.69, 9.17) is 16.1 Å². The maximum atomic E-state index is 13.1. The van der Waals surface area contributed by atoms with Gasteiger partial charge in [-0.05, 0) is 25.4 Å². The molecule has 0 aliphatic rings. The molecule has 0 saturated carbocycles. The number of fused-ring (bicyclic) bond motifs is 1. The Bertz CT molecular complexity index is 739. The average molecular weight is 306 g/mol. The van der Waals surface area contributed by atoms with E-state index < -0.39 is 11.2 Å². The lowest BCUT2D eigenvalue weighted by Crippen LogP contribution is -2.10. The minimum atomic E-state index is -3.62. The van der Waals surface area contributed by atoms with E-state index >= 15 is 0 Å². The zero-order valence-corrected chi connectivity index (χ0v) is 11.3. The second-order valence-electron chi connectivity index (χ2n) is 3.82. The smallest absolute Gasteiger partial charge is 0.361 e. The highest BCUT2D eigenvalue weighted by molar-refractivity contribution is 7.19. The van der Waals surface area contributed by atoms with Gasteiger partial charge in [0.05, 0.1) is 11.3 Å². The first-order valence-corrected chi connectivity index (χ1v) is 6.30. The Labute approximate surface area is 114 Å². The molecule has 3 rings (SSSR count). The molecule has 0 aliphatic heterocycles. The van der Waals surface area contributed by atoms with Crippen LogP contribution in [0.1, 0.15) is 17.3 Å². The van der Waals surface area contributed by atoms with Crippen molar-refractivity contribution < 1.29 is 13.3 Å². The Morgan fingerprint density at radius 2 is 2.05 bits per heavy atom. The Kier molecular flexibility index (Phi) is 2.58. The monoisotopic (exact) mass is 305 g/mol. The highest BCUT2D eigenvalue weighted by Gasteiger charge is 2.36. The molecule has 0 aliphatic carbocycles. The van der Waals surface area contributed by atoms with Crippen molar-refractivity contribution in [3.8, 4) is 10.6 Å². The SMILES string of the molecule is Cc1noc(C)c1-c1nn2c(C(F)(F)Cl)nnc2s1. The molecule has 0 unspecified atom stereocenters. The number of halogens is 3. The Balaban J connectivity index is 2.21. The van der Waals surface area contributed by atoms with Crippen molar-refractivity contribution in [1.29, 1.82) is 0 Å². The standard InChI is InChI=1S/C9H6ClF2N5OS/c1-3-5(4(2)18-16-3)6-15-17-7(9(10,11)12)13-14-8(17)19-6/h1-2H3. The van der Waals surface area contributed by atoms with Gasteiger partial charge in [-0.25, -0.2) is 0 Å². The van der Waals surface area contributed by atoms with Gasteiger partial charge in [0.15, 0.2) is 5.01 Å². The molecule has 19 heavy (non-hydrogen) atoms. The minimum absolute atomic E-state index is 0.227. The molecule has 0 saturated heterocycles. The summed E-state index contributed by atoms with van der Waals surface area (Å²) in [5.41, 5.74) is 1.29. The molecule has 0 N–H and O–H groups in total. The summed E-state index contributed by atoms with van der Waals surface area (Å²) < 4.78 is 32.2. The van der Waals surface area contributed by atoms with Crippen molar-refractivity contribution in [1.82, 2.24) is 25.0 Å². The third-order valence-electron chi connectivity index (χ3n) is 2.49. The third kappa shape index (κ3) is 1.89. The van der Waals surface area contributed by atoms with Crippen molar-refractivity contribution in [2.75, 3.05) is 0 Å². The van der Waals surface area contributed by atoms with Gasteiger partial charge >= 0.3 is 5.38 Å². The van der Waals surface area contributed by atoms with Crippen LogP contribution in [0, 0.1) is 13.8 Å². The first-order valence-electron chi connectivity index (χ1n) is 5.10. The highest BCUT2D eigenvalue weighted by atomic mass is 35.5. The molecule has 0 radical (unpaired) electrons. The molecule has 3 aromatic heterocycles. The van der Waals surface area contributed by atoms with E-state index in [1.54, 1.807) is 13.8 Å². The van der Waals surface area contributed by atoms with Crippen LogP contribution in [0.2, 0.25) is 0 Å². The van der Waals surface area contributed by atoms with Gasteiger partial charge in [0, 0.05) is 0 Å². The van der Waals surface area contributed by atoms with Crippen LogP contribution in [0.15, 0.2) is 4.52 Å². The number of aromatic nitrogens is 5. The Morgan fingerprint density at radius 1 is 1.32 bits per heavy atom. The predicted molar refractivity (Wildman–Crippen MR) is 63.4 cm³/mol. The number of nitrogens with zero attached hydrogens (tertiary/aromatic N) is 5. The molecule has 0 spiro atoms. The molecule has 0 aromatic carbocycles. The van der Waals surface area contributed by atoms with Crippen LogP contribution < -0.4 is 0 Å². The van der Waals surface area contributed by atoms with Crippen molar-refractivity contribution >= 4 is 27.9 Å². The Morgan fingerprint density at radius 3 is 2.63 bits per heavy atom. The molecular formula is C9H6ClF2N5OS.